The Balaban J connectivity index is 2.45. The summed E-state index contributed by atoms with van der Waals surface area (Å²) in [6.45, 7) is 0.552. The molecule has 0 amide bonds. The molecule has 2 rings (SSSR count). The van der Waals surface area contributed by atoms with E-state index in [0.717, 1.165) is 16.9 Å². The minimum absolute atomic E-state index is 0.552. The highest BCUT2D eigenvalue weighted by Gasteiger charge is 2.14. The zero-order valence-corrected chi connectivity index (χ0v) is 7.56. The number of carboxylic acid groups (broad SMARTS) is 1. The van der Waals surface area contributed by atoms with Crippen molar-refractivity contribution < 1.29 is 14.6 Å². The van der Waals surface area contributed by atoms with E-state index in [9.17, 15) is 4.79 Å². The maximum absolute atomic E-state index is 10.6. The Morgan fingerprint density at radius 1 is 1.43 bits per heavy atom. The number of benzene rings is 1. The van der Waals surface area contributed by atoms with Crippen molar-refractivity contribution in [3.05, 3.63) is 35.9 Å². The van der Waals surface area contributed by atoms with Crippen molar-refractivity contribution in [3.63, 3.8) is 0 Å². The van der Waals surface area contributed by atoms with E-state index < -0.39 is 5.97 Å². The van der Waals surface area contributed by atoms with E-state index in [0.29, 0.717) is 13.0 Å². The number of fused-ring (bicyclic) bond motifs is 1. The van der Waals surface area contributed by atoms with Gasteiger partial charge in [-0.25, -0.2) is 4.79 Å². The standard InChI is InChI=1S/C11H10O3/c12-11(13)7-8-5-6-14-10-4-2-1-3-9(8)10/h1-4,7H,5-6H2,(H,12,13)/b8-7-. The number of carboxylic acids is 1. The summed E-state index contributed by atoms with van der Waals surface area (Å²) in [7, 11) is 0. The fourth-order valence-corrected chi connectivity index (χ4v) is 1.56. The van der Waals surface area contributed by atoms with E-state index in [1.807, 2.05) is 24.3 Å². The van der Waals surface area contributed by atoms with Gasteiger partial charge < -0.3 is 9.84 Å². The number of hydrogen-bond donors (Lipinski definition) is 1. The van der Waals surface area contributed by atoms with Crippen LogP contribution in [0.1, 0.15) is 12.0 Å². The third kappa shape index (κ3) is 1.62. The Kier molecular flexibility index (Phi) is 2.23. The molecule has 0 unspecified atom stereocenters. The molecule has 14 heavy (non-hydrogen) atoms. The predicted octanol–water partition coefficient (Wildman–Crippen LogP) is 1.94. The first-order chi connectivity index (χ1) is 6.77. The molecule has 0 saturated carbocycles. The SMILES string of the molecule is O=C(O)/C=C1/CCOc2ccccc21. The lowest BCUT2D eigenvalue weighted by atomic mass is 10.00. The smallest absolute Gasteiger partial charge is 0.328 e. The summed E-state index contributed by atoms with van der Waals surface area (Å²) >= 11 is 0. The summed E-state index contributed by atoms with van der Waals surface area (Å²) in [6.07, 6.45) is 1.91. The Morgan fingerprint density at radius 3 is 3.00 bits per heavy atom. The van der Waals surface area contributed by atoms with Crippen LogP contribution in [-0.4, -0.2) is 17.7 Å². The number of rotatable bonds is 1. The second-order valence-corrected chi connectivity index (χ2v) is 3.10. The van der Waals surface area contributed by atoms with Crippen LogP contribution in [0.4, 0.5) is 0 Å². The van der Waals surface area contributed by atoms with Gasteiger partial charge in [0, 0.05) is 18.1 Å². The van der Waals surface area contributed by atoms with Crippen LogP contribution in [0.3, 0.4) is 0 Å². The van der Waals surface area contributed by atoms with Crippen LogP contribution in [0.25, 0.3) is 5.57 Å². The summed E-state index contributed by atoms with van der Waals surface area (Å²) in [6, 6.07) is 7.49. The van der Waals surface area contributed by atoms with Crippen molar-refractivity contribution in [2.75, 3.05) is 6.61 Å². The normalized spacial score (nSPS) is 17.3. The lowest BCUT2D eigenvalue weighted by molar-refractivity contribution is -0.131. The summed E-state index contributed by atoms with van der Waals surface area (Å²) in [4.78, 5) is 10.6. The quantitative estimate of drug-likeness (QED) is 0.688. The number of ether oxygens (including phenoxy) is 1. The fourth-order valence-electron chi connectivity index (χ4n) is 1.56. The van der Waals surface area contributed by atoms with Crippen LogP contribution in [0.2, 0.25) is 0 Å². The fraction of sp³-hybridized carbons (Fsp3) is 0.182. The number of hydrogen-bond acceptors (Lipinski definition) is 2. The maximum Gasteiger partial charge on any atom is 0.328 e. The van der Waals surface area contributed by atoms with Crippen molar-refractivity contribution in [3.8, 4) is 5.75 Å². The third-order valence-electron chi connectivity index (χ3n) is 2.16. The largest absolute Gasteiger partial charge is 0.493 e. The summed E-state index contributed by atoms with van der Waals surface area (Å²) in [5.41, 5.74) is 1.72. The molecule has 3 heteroatoms. The Hall–Kier alpha value is -1.77. The molecule has 0 atom stereocenters. The monoisotopic (exact) mass is 190 g/mol. The van der Waals surface area contributed by atoms with Crippen LogP contribution >= 0.6 is 0 Å². The molecule has 0 spiro atoms. The molecule has 72 valence electrons. The van der Waals surface area contributed by atoms with Gasteiger partial charge in [-0.15, -0.1) is 0 Å². The van der Waals surface area contributed by atoms with Crippen molar-refractivity contribution in [1.82, 2.24) is 0 Å². The molecule has 1 heterocycles. The maximum atomic E-state index is 10.6. The van der Waals surface area contributed by atoms with E-state index in [1.54, 1.807) is 0 Å². The van der Waals surface area contributed by atoms with E-state index in [2.05, 4.69) is 0 Å². The molecule has 3 nitrogen and oxygen atoms in total. The second-order valence-electron chi connectivity index (χ2n) is 3.10. The third-order valence-corrected chi connectivity index (χ3v) is 2.16. The number of aliphatic carboxylic acids is 1. The molecular weight excluding hydrogens is 180 g/mol. The Labute approximate surface area is 81.6 Å². The first-order valence-electron chi connectivity index (χ1n) is 4.43. The summed E-state index contributed by atoms with van der Waals surface area (Å²) < 4.78 is 5.40. The van der Waals surface area contributed by atoms with Crippen molar-refractivity contribution in [2.24, 2.45) is 0 Å². The first-order valence-corrected chi connectivity index (χ1v) is 4.43. The topological polar surface area (TPSA) is 46.5 Å². The minimum Gasteiger partial charge on any atom is -0.493 e. The molecule has 0 aliphatic carbocycles. The Morgan fingerprint density at radius 2 is 2.21 bits per heavy atom. The van der Waals surface area contributed by atoms with E-state index >= 15 is 0 Å². The van der Waals surface area contributed by atoms with Gasteiger partial charge in [0.05, 0.1) is 6.61 Å². The van der Waals surface area contributed by atoms with Gasteiger partial charge in [0.2, 0.25) is 0 Å². The van der Waals surface area contributed by atoms with E-state index in [1.165, 1.54) is 6.08 Å². The highest BCUT2D eigenvalue weighted by molar-refractivity contribution is 5.91. The van der Waals surface area contributed by atoms with E-state index in [-0.39, 0.29) is 0 Å². The molecule has 1 aliphatic heterocycles. The molecule has 0 saturated heterocycles. The highest BCUT2D eigenvalue weighted by atomic mass is 16.5. The van der Waals surface area contributed by atoms with Gasteiger partial charge >= 0.3 is 5.97 Å². The zero-order chi connectivity index (χ0) is 9.97. The molecule has 1 aromatic carbocycles. The molecule has 1 aromatic rings. The van der Waals surface area contributed by atoms with E-state index in [4.69, 9.17) is 9.84 Å². The van der Waals surface area contributed by atoms with Gasteiger partial charge in [-0.2, -0.15) is 0 Å². The predicted molar refractivity (Wildman–Crippen MR) is 52.2 cm³/mol. The van der Waals surface area contributed by atoms with Gasteiger partial charge in [0.15, 0.2) is 0 Å². The molecule has 1 N–H and O–H groups in total. The molecule has 0 fully saturated rings. The van der Waals surface area contributed by atoms with Gasteiger partial charge in [-0.05, 0) is 11.6 Å². The molecule has 0 bridgehead atoms. The zero-order valence-electron chi connectivity index (χ0n) is 7.56. The average molecular weight is 190 g/mol. The molecule has 0 aromatic heterocycles. The lowest BCUT2D eigenvalue weighted by Crippen LogP contribution is -2.08. The lowest BCUT2D eigenvalue weighted by Gasteiger charge is -2.19. The summed E-state index contributed by atoms with van der Waals surface area (Å²) in [5.74, 6) is -0.136. The van der Waals surface area contributed by atoms with Crippen LogP contribution in [0.5, 0.6) is 5.75 Å². The molecule has 1 aliphatic rings. The molecule has 0 radical (unpaired) electrons. The van der Waals surface area contributed by atoms with Gasteiger partial charge in [-0.3, -0.25) is 0 Å². The minimum atomic E-state index is -0.906. The van der Waals surface area contributed by atoms with Crippen LogP contribution in [-0.2, 0) is 4.79 Å². The number of para-hydroxylation sites is 1. The number of carbonyl (C=O) groups is 1. The van der Waals surface area contributed by atoms with Crippen LogP contribution in [0.15, 0.2) is 30.3 Å². The van der Waals surface area contributed by atoms with Crippen molar-refractivity contribution in [1.29, 1.82) is 0 Å². The molecular formula is C11H10O3. The van der Waals surface area contributed by atoms with Crippen molar-refractivity contribution >= 4 is 11.5 Å². The highest BCUT2D eigenvalue weighted by Crippen LogP contribution is 2.32. The van der Waals surface area contributed by atoms with Crippen LogP contribution < -0.4 is 4.74 Å². The first kappa shape index (κ1) is 8.81. The van der Waals surface area contributed by atoms with Gasteiger partial charge in [0.25, 0.3) is 0 Å². The van der Waals surface area contributed by atoms with Crippen molar-refractivity contribution in [2.45, 2.75) is 6.42 Å². The average Bonchev–Trinajstić information content (AvgIpc) is 2.18. The van der Waals surface area contributed by atoms with Gasteiger partial charge in [-0.1, -0.05) is 18.2 Å². The van der Waals surface area contributed by atoms with Crippen LogP contribution in [0, 0.1) is 0 Å². The Bertz CT molecular complexity index is 393. The second kappa shape index (κ2) is 3.54. The summed E-state index contributed by atoms with van der Waals surface area (Å²) in [5, 5.41) is 8.67. The van der Waals surface area contributed by atoms with Gasteiger partial charge in [0.1, 0.15) is 5.75 Å².